The van der Waals surface area contributed by atoms with Crippen LogP contribution in [0.3, 0.4) is 0 Å². The Labute approximate surface area is 139 Å². The Morgan fingerprint density at radius 2 is 1.88 bits per heavy atom. The van der Waals surface area contributed by atoms with Crippen LogP contribution in [0.4, 0.5) is 11.8 Å². The summed E-state index contributed by atoms with van der Waals surface area (Å²) >= 11 is 0. The number of carboxylic acid groups (broad SMARTS) is 2. The summed E-state index contributed by atoms with van der Waals surface area (Å²) in [6, 6.07) is 0. The van der Waals surface area contributed by atoms with E-state index < -0.39 is 0 Å². The molecule has 0 spiro atoms. The molecule has 2 aromatic rings. The quantitative estimate of drug-likeness (QED) is 0.577. The Morgan fingerprint density at radius 1 is 1.25 bits per heavy atom. The van der Waals surface area contributed by atoms with Gasteiger partial charge in [0.2, 0.25) is 5.95 Å². The molecular weight excluding hydrogens is 316 g/mol. The van der Waals surface area contributed by atoms with E-state index in [4.69, 9.17) is 19.8 Å². The number of carbonyl (C=O) groups is 2. The van der Waals surface area contributed by atoms with Crippen LogP contribution in [0.15, 0.2) is 18.6 Å². The van der Waals surface area contributed by atoms with E-state index in [1.807, 2.05) is 38.3 Å². The number of nitrogens with one attached hydrogen (secondary N) is 2. The molecule has 2 heterocycles. The lowest BCUT2D eigenvalue weighted by atomic mass is 10.3. The predicted octanol–water partition coefficient (Wildman–Crippen LogP) is 0.630. The molecular formula is C14H22N6O4. The zero-order valence-corrected chi connectivity index (χ0v) is 13.8. The van der Waals surface area contributed by atoms with Crippen LogP contribution in [0.2, 0.25) is 0 Å². The van der Waals surface area contributed by atoms with Gasteiger partial charge in [-0.25, -0.2) is 9.97 Å². The van der Waals surface area contributed by atoms with Crippen LogP contribution in [0, 0.1) is 6.92 Å². The molecule has 0 aliphatic carbocycles. The summed E-state index contributed by atoms with van der Waals surface area (Å²) in [7, 11) is 3.95. The fourth-order valence-corrected chi connectivity index (χ4v) is 1.70. The number of hydrogen-bond donors (Lipinski definition) is 4. The number of nitrogens with zero attached hydrogens (tertiary/aromatic N) is 4. The smallest absolute Gasteiger partial charge is 0.290 e. The molecule has 0 saturated carbocycles. The van der Waals surface area contributed by atoms with Crippen molar-refractivity contribution in [3.8, 4) is 0 Å². The van der Waals surface area contributed by atoms with Gasteiger partial charge < -0.3 is 25.4 Å². The first-order chi connectivity index (χ1) is 11.5. The first-order valence-corrected chi connectivity index (χ1v) is 6.88. The third-order valence-electron chi connectivity index (χ3n) is 2.57. The van der Waals surface area contributed by atoms with E-state index in [0.717, 1.165) is 30.2 Å². The van der Waals surface area contributed by atoms with Gasteiger partial charge in [0.25, 0.3) is 12.9 Å². The number of aromatic nitrogens is 4. The highest BCUT2D eigenvalue weighted by Gasteiger charge is 2.05. The van der Waals surface area contributed by atoms with Gasteiger partial charge in [0.05, 0.1) is 0 Å². The Balaban J connectivity index is 0.000000772. The molecule has 0 aromatic carbocycles. The van der Waals surface area contributed by atoms with Gasteiger partial charge in [0.1, 0.15) is 11.6 Å². The van der Waals surface area contributed by atoms with Crippen LogP contribution in [0.5, 0.6) is 0 Å². The number of hydrogen-bond acceptors (Lipinski definition) is 7. The number of rotatable bonds is 5. The summed E-state index contributed by atoms with van der Waals surface area (Å²) in [4.78, 5) is 34.7. The lowest BCUT2D eigenvalue weighted by Crippen LogP contribution is -2.15. The molecule has 0 radical (unpaired) electrons. The van der Waals surface area contributed by atoms with Crippen molar-refractivity contribution in [3.05, 3.63) is 30.0 Å². The molecule has 10 heteroatoms. The van der Waals surface area contributed by atoms with Gasteiger partial charge in [-0.1, -0.05) is 0 Å². The molecule has 0 fully saturated rings. The number of H-pyrrole nitrogens is 1. The summed E-state index contributed by atoms with van der Waals surface area (Å²) in [6.07, 6.45) is 6.23. The fourth-order valence-electron chi connectivity index (χ4n) is 1.70. The topological polar surface area (TPSA) is 144 Å². The van der Waals surface area contributed by atoms with Gasteiger partial charge in [-0.2, -0.15) is 4.98 Å². The van der Waals surface area contributed by atoms with Crippen LogP contribution in [-0.2, 0) is 16.0 Å². The van der Waals surface area contributed by atoms with Crippen molar-refractivity contribution in [3.63, 3.8) is 0 Å². The molecule has 24 heavy (non-hydrogen) atoms. The second-order valence-electron chi connectivity index (χ2n) is 4.52. The largest absolute Gasteiger partial charge is 0.483 e. The van der Waals surface area contributed by atoms with Gasteiger partial charge in [0, 0.05) is 51.2 Å². The van der Waals surface area contributed by atoms with Crippen LogP contribution in [-0.4, -0.2) is 63.7 Å². The van der Waals surface area contributed by atoms with E-state index in [9.17, 15) is 0 Å². The van der Waals surface area contributed by atoms with Crippen LogP contribution in [0.25, 0.3) is 0 Å². The third kappa shape index (κ3) is 8.32. The monoisotopic (exact) mass is 338 g/mol. The molecule has 0 aliphatic rings. The molecule has 4 N–H and O–H groups in total. The summed E-state index contributed by atoms with van der Waals surface area (Å²) in [5.41, 5.74) is 1.07. The van der Waals surface area contributed by atoms with Crippen LogP contribution in [0.1, 0.15) is 11.4 Å². The normalized spacial score (nSPS) is 8.79. The molecule has 0 amide bonds. The van der Waals surface area contributed by atoms with Gasteiger partial charge in [-0.05, 0) is 6.92 Å². The Hall–Kier alpha value is -3.17. The zero-order valence-electron chi connectivity index (χ0n) is 13.8. The second kappa shape index (κ2) is 12.4. The van der Waals surface area contributed by atoms with Crippen LogP contribution < -0.4 is 10.2 Å². The molecule has 10 nitrogen and oxygen atoms in total. The maximum Gasteiger partial charge on any atom is 0.290 e. The standard InChI is InChI=1S/C12H18N6.2CH2O2/c1-9-8-16-12(17-11(9)18(2)3)15-5-4-10-13-6-7-14-10;2*2-1-3/h6-8H,4-5H2,1-3H3,(H,13,14)(H,15,16,17);2*1H,(H,2,3). The molecule has 0 saturated heterocycles. The van der Waals surface area contributed by atoms with Crippen molar-refractivity contribution in [2.75, 3.05) is 30.9 Å². The minimum Gasteiger partial charge on any atom is -0.483 e. The third-order valence-corrected chi connectivity index (χ3v) is 2.57. The molecule has 0 atom stereocenters. The summed E-state index contributed by atoms with van der Waals surface area (Å²) < 4.78 is 0. The summed E-state index contributed by atoms with van der Waals surface area (Å²) in [5, 5.41) is 17.0. The average Bonchev–Trinajstić information content (AvgIpc) is 3.03. The number of anilines is 2. The van der Waals surface area contributed by atoms with E-state index in [0.29, 0.717) is 5.95 Å². The second-order valence-corrected chi connectivity index (χ2v) is 4.52. The molecule has 132 valence electrons. The Bertz CT molecular complexity index is 583. The van der Waals surface area contributed by atoms with Crippen molar-refractivity contribution in [1.29, 1.82) is 0 Å². The van der Waals surface area contributed by atoms with Crippen molar-refractivity contribution in [2.24, 2.45) is 0 Å². The average molecular weight is 338 g/mol. The summed E-state index contributed by atoms with van der Waals surface area (Å²) in [6.45, 7) is 2.26. The molecule has 2 aromatic heterocycles. The highest BCUT2D eigenvalue weighted by molar-refractivity contribution is 5.47. The number of aromatic amines is 1. The van der Waals surface area contributed by atoms with Crippen LogP contribution >= 0.6 is 0 Å². The minimum atomic E-state index is -0.250. The zero-order chi connectivity index (χ0) is 18.4. The minimum absolute atomic E-state index is 0.250. The van der Waals surface area contributed by atoms with Gasteiger partial charge in [0.15, 0.2) is 0 Å². The van der Waals surface area contributed by atoms with Gasteiger partial charge in [-0.3, -0.25) is 9.59 Å². The lowest BCUT2D eigenvalue weighted by molar-refractivity contribution is -0.123. The van der Waals surface area contributed by atoms with Gasteiger partial charge >= 0.3 is 0 Å². The maximum absolute atomic E-state index is 8.36. The number of aryl methyl sites for hydroxylation is 1. The number of imidazole rings is 1. The predicted molar refractivity (Wildman–Crippen MR) is 89.3 cm³/mol. The SMILES string of the molecule is Cc1cnc(NCCc2ncc[nH]2)nc1N(C)C.O=CO.O=CO. The van der Waals surface area contributed by atoms with Gasteiger partial charge in [-0.15, -0.1) is 0 Å². The fraction of sp³-hybridized carbons (Fsp3) is 0.357. The first kappa shape index (κ1) is 20.8. The molecule has 0 aliphatic heterocycles. The highest BCUT2D eigenvalue weighted by atomic mass is 16.3. The van der Waals surface area contributed by atoms with E-state index in [-0.39, 0.29) is 12.9 Å². The van der Waals surface area contributed by atoms with E-state index in [1.165, 1.54) is 0 Å². The van der Waals surface area contributed by atoms with Crippen molar-refractivity contribution in [1.82, 2.24) is 19.9 Å². The summed E-state index contributed by atoms with van der Waals surface area (Å²) in [5.74, 6) is 2.55. The van der Waals surface area contributed by atoms with E-state index >= 15 is 0 Å². The lowest BCUT2D eigenvalue weighted by Gasteiger charge is -2.15. The van der Waals surface area contributed by atoms with E-state index in [2.05, 4.69) is 25.3 Å². The first-order valence-electron chi connectivity index (χ1n) is 6.88. The molecule has 0 bridgehead atoms. The molecule has 2 rings (SSSR count). The van der Waals surface area contributed by atoms with Crippen molar-refractivity contribution < 1.29 is 19.8 Å². The van der Waals surface area contributed by atoms with Crippen molar-refractivity contribution >= 4 is 24.7 Å². The van der Waals surface area contributed by atoms with E-state index in [1.54, 1.807) is 6.20 Å². The highest BCUT2D eigenvalue weighted by Crippen LogP contribution is 2.14. The molecule has 0 unspecified atom stereocenters. The van der Waals surface area contributed by atoms with Crippen molar-refractivity contribution in [2.45, 2.75) is 13.3 Å². The Kier molecular flexibility index (Phi) is 10.7. The maximum atomic E-state index is 8.36. The Morgan fingerprint density at radius 3 is 2.38 bits per heavy atom.